The lowest BCUT2D eigenvalue weighted by Gasteiger charge is -2.14. The Morgan fingerprint density at radius 2 is 1.75 bits per heavy atom. The van der Waals surface area contributed by atoms with Gasteiger partial charge in [0, 0.05) is 10.5 Å². The van der Waals surface area contributed by atoms with Gasteiger partial charge in [-0.05, 0) is 0 Å². The summed E-state index contributed by atoms with van der Waals surface area (Å²) in [5.41, 5.74) is 0. The molecule has 0 spiro atoms. The van der Waals surface area contributed by atoms with Gasteiger partial charge in [0.2, 0.25) is 11.8 Å². The molecule has 3 aliphatic heterocycles. The van der Waals surface area contributed by atoms with Crippen molar-refractivity contribution in [3.63, 3.8) is 0 Å². The fourth-order valence-electron chi connectivity index (χ4n) is 2.66. The third-order valence-electron chi connectivity index (χ3n) is 3.30. The summed E-state index contributed by atoms with van der Waals surface area (Å²) in [5.74, 6) is -2.43. The zero-order chi connectivity index (χ0) is 11.4. The second-order valence-electron chi connectivity index (χ2n) is 4.16. The molecule has 6 heteroatoms. The smallest absolute Gasteiger partial charge is 0.323 e. The van der Waals surface area contributed by atoms with Gasteiger partial charge >= 0.3 is 5.97 Å². The normalized spacial score (nSPS) is 39.6. The van der Waals surface area contributed by atoms with E-state index in [0.29, 0.717) is 0 Å². The Labute approximate surface area is 95.5 Å². The number of amides is 2. The van der Waals surface area contributed by atoms with Crippen LogP contribution in [0.5, 0.6) is 0 Å². The van der Waals surface area contributed by atoms with E-state index < -0.39 is 12.5 Å². The minimum Gasteiger partial charge on any atom is -0.480 e. The molecule has 0 radical (unpaired) electrons. The number of carbonyl (C=O) groups is 3. The van der Waals surface area contributed by atoms with Crippen molar-refractivity contribution in [1.82, 2.24) is 4.90 Å². The Bertz CT molecular complexity index is 403. The maximum Gasteiger partial charge on any atom is 0.323 e. The number of carbonyl (C=O) groups excluding carboxylic acids is 2. The van der Waals surface area contributed by atoms with Crippen LogP contribution in [0.25, 0.3) is 0 Å². The molecule has 0 aromatic rings. The van der Waals surface area contributed by atoms with Crippen LogP contribution in [0, 0.1) is 11.8 Å². The van der Waals surface area contributed by atoms with Gasteiger partial charge in [-0.25, -0.2) is 0 Å². The molecule has 3 heterocycles. The highest BCUT2D eigenvalue weighted by molar-refractivity contribution is 8.01. The Balaban J connectivity index is 1.91. The van der Waals surface area contributed by atoms with Crippen LogP contribution in [0.1, 0.15) is 0 Å². The van der Waals surface area contributed by atoms with Gasteiger partial charge in [-0.2, -0.15) is 0 Å². The first-order valence-electron chi connectivity index (χ1n) is 5.00. The first kappa shape index (κ1) is 9.89. The van der Waals surface area contributed by atoms with Gasteiger partial charge in [0.05, 0.1) is 11.8 Å². The van der Waals surface area contributed by atoms with Crippen molar-refractivity contribution >= 4 is 29.5 Å². The number of carboxylic acid groups (broad SMARTS) is 1. The van der Waals surface area contributed by atoms with Crippen LogP contribution in [0.3, 0.4) is 0 Å². The van der Waals surface area contributed by atoms with Gasteiger partial charge < -0.3 is 5.11 Å². The van der Waals surface area contributed by atoms with Crippen LogP contribution < -0.4 is 0 Å². The number of aliphatic carboxylic acids is 1. The number of carboxylic acids is 1. The van der Waals surface area contributed by atoms with E-state index in [1.54, 1.807) is 11.8 Å². The summed E-state index contributed by atoms with van der Waals surface area (Å²) in [6, 6.07) is 0. The fourth-order valence-corrected chi connectivity index (χ4v) is 4.29. The van der Waals surface area contributed by atoms with E-state index in [2.05, 4.69) is 0 Å². The van der Waals surface area contributed by atoms with Gasteiger partial charge in [0.1, 0.15) is 6.54 Å². The maximum atomic E-state index is 11.9. The molecule has 0 aromatic heterocycles. The summed E-state index contributed by atoms with van der Waals surface area (Å²) < 4.78 is 0. The third-order valence-corrected chi connectivity index (χ3v) is 4.82. The van der Waals surface area contributed by atoms with Crippen molar-refractivity contribution in [1.29, 1.82) is 0 Å². The SMILES string of the molecule is O=C(O)CN1C(=O)C2C3C=CC(S3)C2C1=O. The predicted molar refractivity (Wildman–Crippen MR) is 55.6 cm³/mol. The second kappa shape index (κ2) is 3.10. The molecule has 2 bridgehead atoms. The van der Waals surface area contributed by atoms with Crippen LogP contribution in [0.2, 0.25) is 0 Å². The number of likely N-dealkylation sites (tertiary alicyclic amines) is 1. The Hall–Kier alpha value is -1.30. The van der Waals surface area contributed by atoms with Crippen LogP contribution in [-0.4, -0.2) is 44.8 Å². The lowest BCUT2D eigenvalue weighted by atomic mass is 9.85. The summed E-state index contributed by atoms with van der Waals surface area (Å²) in [4.78, 5) is 35.3. The summed E-state index contributed by atoms with van der Waals surface area (Å²) in [6.07, 6.45) is 3.90. The summed E-state index contributed by atoms with van der Waals surface area (Å²) in [7, 11) is 0. The first-order valence-corrected chi connectivity index (χ1v) is 5.94. The molecule has 4 unspecified atom stereocenters. The molecule has 4 atom stereocenters. The van der Waals surface area contributed by atoms with Crippen LogP contribution >= 0.6 is 11.8 Å². The predicted octanol–water partition coefficient (Wildman–Crippen LogP) is -0.274. The van der Waals surface area contributed by atoms with Crippen LogP contribution in [0.15, 0.2) is 12.2 Å². The van der Waals surface area contributed by atoms with Gasteiger partial charge in [-0.15, -0.1) is 11.8 Å². The maximum absolute atomic E-state index is 11.9. The molecule has 3 aliphatic rings. The molecule has 0 saturated carbocycles. The van der Waals surface area contributed by atoms with Gasteiger partial charge in [-0.1, -0.05) is 12.2 Å². The molecule has 0 aromatic carbocycles. The Morgan fingerprint density at radius 3 is 2.19 bits per heavy atom. The Kier molecular flexibility index (Phi) is 1.92. The monoisotopic (exact) mass is 239 g/mol. The van der Waals surface area contributed by atoms with Crippen molar-refractivity contribution in [2.24, 2.45) is 11.8 Å². The number of hydrogen-bond donors (Lipinski definition) is 1. The van der Waals surface area contributed by atoms with Crippen molar-refractivity contribution in [3.05, 3.63) is 12.2 Å². The quantitative estimate of drug-likeness (QED) is 0.530. The zero-order valence-electron chi connectivity index (χ0n) is 8.20. The molecule has 5 nitrogen and oxygen atoms in total. The highest BCUT2D eigenvalue weighted by atomic mass is 32.2. The van der Waals surface area contributed by atoms with E-state index in [1.807, 2.05) is 12.2 Å². The number of thioether (sulfide) groups is 1. The number of nitrogens with zero attached hydrogens (tertiary/aromatic N) is 1. The molecule has 16 heavy (non-hydrogen) atoms. The van der Waals surface area contributed by atoms with E-state index >= 15 is 0 Å². The minimum atomic E-state index is -1.14. The summed E-state index contributed by atoms with van der Waals surface area (Å²) in [6.45, 7) is -0.505. The summed E-state index contributed by atoms with van der Waals surface area (Å²) in [5, 5.41) is 8.77. The van der Waals surface area contributed by atoms with Gasteiger partial charge in [-0.3, -0.25) is 19.3 Å². The van der Waals surface area contributed by atoms with E-state index in [0.717, 1.165) is 4.90 Å². The fraction of sp³-hybridized carbons (Fsp3) is 0.500. The van der Waals surface area contributed by atoms with Crippen molar-refractivity contribution in [3.8, 4) is 0 Å². The lowest BCUT2D eigenvalue weighted by Crippen LogP contribution is -2.37. The lowest BCUT2D eigenvalue weighted by molar-refractivity contribution is -0.149. The standard InChI is InChI=1S/C10H9NO4S/c12-6(13)3-11-9(14)7-4-1-2-5(16-4)8(7)10(11)15/h1-2,4-5,7-8H,3H2,(H,12,13). The molecule has 1 N–H and O–H groups in total. The summed E-state index contributed by atoms with van der Waals surface area (Å²) >= 11 is 1.63. The van der Waals surface area contributed by atoms with E-state index in [-0.39, 0.29) is 34.2 Å². The van der Waals surface area contributed by atoms with Crippen LogP contribution in [-0.2, 0) is 14.4 Å². The van der Waals surface area contributed by atoms with Gasteiger partial charge in [0.15, 0.2) is 0 Å². The van der Waals surface area contributed by atoms with Crippen molar-refractivity contribution < 1.29 is 19.5 Å². The van der Waals surface area contributed by atoms with Crippen molar-refractivity contribution in [2.75, 3.05) is 6.54 Å². The average molecular weight is 239 g/mol. The van der Waals surface area contributed by atoms with Gasteiger partial charge in [0.25, 0.3) is 0 Å². The topological polar surface area (TPSA) is 74.7 Å². The number of fused-ring (bicyclic) bond motifs is 5. The van der Waals surface area contributed by atoms with E-state index in [4.69, 9.17) is 5.11 Å². The second-order valence-corrected chi connectivity index (χ2v) is 5.52. The van der Waals surface area contributed by atoms with Crippen molar-refractivity contribution in [2.45, 2.75) is 10.5 Å². The minimum absolute atomic E-state index is 0.0604. The number of imide groups is 1. The van der Waals surface area contributed by atoms with Crippen LogP contribution in [0.4, 0.5) is 0 Å². The average Bonchev–Trinajstić information content (AvgIpc) is 2.87. The molecular weight excluding hydrogens is 230 g/mol. The molecule has 2 fully saturated rings. The molecule has 0 aliphatic carbocycles. The Morgan fingerprint density at radius 1 is 1.25 bits per heavy atom. The highest BCUT2D eigenvalue weighted by Crippen LogP contribution is 2.52. The number of rotatable bonds is 2. The molecular formula is C10H9NO4S. The largest absolute Gasteiger partial charge is 0.480 e. The first-order chi connectivity index (χ1) is 7.59. The number of hydrogen-bond acceptors (Lipinski definition) is 4. The zero-order valence-corrected chi connectivity index (χ0v) is 9.02. The van der Waals surface area contributed by atoms with E-state index in [9.17, 15) is 14.4 Å². The molecule has 2 amide bonds. The molecule has 3 rings (SSSR count). The molecule has 2 saturated heterocycles. The third kappa shape index (κ3) is 1.10. The highest BCUT2D eigenvalue weighted by Gasteiger charge is 2.60. The molecule has 84 valence electrons. The van der Waals surface area contributed by atoms with E-state index in [1.165, 1.54) is 0 Å².